The molecule has 0 fully saturated rings. The normalized spacial score (nSPS) is 13.8. The number of nitrogens with two attached hydrogens (primary N) is 1. The molecule has 0 saturated heterocycles. The first-order chi connectivity index (χ1) is 8.49. The molecule has 100 valence electrons. The minimum absolute atomic E-state index is 0.0907. The largest absolute Gasteiger partial charge is 0.481 e. The summed E-state index contributed by atoms with van der Waals surface area (Å²) in [6, 6.07) is 7.46. The van der Waals surface area contributed by atoms with Gasteiger partial charge in [0.25, 0.3) is 5.91 Å². The fourth-order valence-corrected chi connectivity index (χ4v) is 1.60. The van der Waals surface area contributed by atoms with Crippen LogP contribution in [0.2, 0.25) is 0 Å². The lowest BCUT2D eigenvalue weighted by Crippen LogP contribution is -2.38. The number of hydrogen-bond donors (Lipinski definition) is 2. The molecule has 2 unspecified atom stereocenters. The van der Waals surface area contributed by atoms with Gasteiger partial charge in [0.2, 0.25) is 0 Å². The fourth-order valence-electron chi connectivity index (χ4n) is 1.34. The van der Waals surface area contributed by atoms with Crippen LogP contribution in [-0.2, 0) is 4.79 Å². The van der Waals surface area contributed by atoms with Crippen LogP contribution in [0.5, 0.6) is 5.75 Å². The molecule has 3 N–H and O–H groups in total. The van der Waals surface area contributed by atoms with Crippen LogP contribution in [0.3, 0.4) is 0 Å². The van der Waals surface area contributed by atoms with E-state index in [0.29, 0.717) is 12.3 Å². The van der Waals surface area contributed by atoms with Crippen molar-refractivity contribution in [2.24, 2.45) is 5.73 Å². The fraction of sp³-hybridized carbons (Fsp3) is 0.462. The Morgan fingerprint density at radius 2 is 2.00 bits per heavy atom. The van der Waals surface area contributed by atoms with Crippen LogP contribution < -0.4 is 15.8 Å². The van der Waals surface area contributed by atoms with Crippen LogP contribution in [0.4, 0.5) is 0 Å². The van der Waals surface area contributed by atoms with E-state index in [0.717, 1.165) is 10.9 Å². The van der Waals surface area contributed by atoms with Crippen molar-refractivity contribution in [2.75, 3.05) is 6.54 Å². The van der Waals surface area contributed by atoms with Gasteiger partial charge >= 0.3 is 0 Å². The van der Waals surface area contributed by atoms with Crippen molar-refractivity contribution in [1.82, 2.24) is 5.32 Å². The molecule has 0 saturated carbocycles. The summed E-state index contributed by atoms with van der Waals surface area (Å²) in [6.45, 7) is 4.21. The van der Waals surface area contributed by atoms with Gasteiger partial charge in [-0.2, -0.15) is 0 Å². The molecule has 18 heavy (non-hydrogen) atoms. The molecule has 0 aliphatic heterocycles. The molecule has 1 aromatic carbocycles. The van der Waals surface area contributed by atoms with E-state index in [1.807, 2.05) is 31.2 Å². The molecular formula is C13H19BrN2O2. The summed E-state index contributed by atoms with van der Waals surface area (Å²) in [5, 5.41) is 2.79. The highest BCUT2D eigenvalue weighted by Gasteiger charge is 2.13. The second-order valence-electron chi connectivity index (χ2n) is 4.27. The minimum atomic E-state index is -0.515. The number of hydrogen-bond acceptors (Lipinski definition) is 3. The van der Waals surface area contributed by atoms with Crippen LogP contribution in [0, 0.1) is 0 Å². The Hall–Kier alpha value is -1.07. The molecule has 5 heteroatoms. The van der Waals surface area contributed by atoms with E-state index in [2.05, 4.69) is 21.2 Å². The average Bonchev–Trinajstić information content (AvgIpc) is 2.31. The van der Waals surface area contributed by atoms with E-state index in [1.165, 1.54) is 0 Å². The van der Waals surface area contributed by atoms with Crippen LogP contribution in [0.1, 0.15) is 20.3 Å². The lowest BCUT2D eigenvalue weighted by Gasteiger charge is -2.15. The molecule has 0 aliphatic carbocycles. The number of halogens is 1. The maximum Gasteiger partial charge on any atom is 0.260 e. The Bertz CT molecular complexity index is 379. The third-order valence-corrected chi connectivity index (χ3v) is 2.92. The Morgan fingerprint density at radius 3 is 2.56 bits per heavy atom. The number of carbonyl (C=O) groups is 1. The third kappa shape index (κ3) is 5.51. The number of nitrogens with one attached hydrogen (secondary N) is 1. The minimum Gasteiger partial charge on any atom is -0.481 e. The van der Waals surface area contributed by atoms with Gasteiger partial charge in [-0.25, -0.2) is 0 Å². The molecule has 0 radical (unpaired) electrons. The van der Waals surface area contributed by atoms with Crippen LogP contribution in [-0.4, -0.2) is 24.6 Å². The zero-order valence-electron chi connectivity index (χ0n) is 10.7. The van der Waals surface area contributed by atoms with Crippen molar-refractivity contribution in [2.45, 2.75) is 32.4 Å². The Labute approximate surface area is 116 Å². The van der Waals surface area contributed by atoms with Gasteiger partial charge in [-0.05, 0) is 44.5 Å². The lowest BCUT2D eigenvalue weighted by molar-refractivity contribution is -0.127. The second kappa shape index (κ2) is 7.38. The van der Waals surface area contributed by atoms with Gasteiger partial charge < -0.3 is 15.8 Å². The molecule has 0 spiro atoms. The molecule has 1 rings (SSSR count). The number of amides is 1. The zero-order chi connectivity index (χ0) is 13.5. The highest BCUT2D eigenvalue weighted by molar-refractivity contribution is 9.10. The van der Waals surface area contributed by atoms with E-state index < -0.39 is 6.10 Å². The molecule has 4 nitrogen and oxygen atoms in total. The maximum atomic E-state index is 11.7. The standard InChI is InChI=1S/C13H19BrN2O2/c1-9(15)7-8-16-13(17)10(2)18-12-5-3-11(14)4-6-12/h3-6,9-10H,7-8,15H2,1-2H3,(H,16,17). The first kappa shape index (κ1) is 15.0. The molecular weight excluding hydrogens is 296 g/mol. The van der Waals surface area contributed by atoms with Crippen molar-refractivity contribution in [3.05, 3.63) is 28.7 Å². The van der Waals surface area contributed by atoms with E-state index in [9.17, 15) is 4.79 Å². The van der Waals surface area contributed by atoms with Crippen LogP contribution >= 0.6 is 15.9 Å². The quantitative estimate of drug-likeness (QED) is 0.845. The van der Waals surface area contributed by atoms with Gasteiger partial charge in [0, 0.05) is 17.1 Å². The maximum absolute atomic E-state index is 11.7. The van der Waals surface area contributed by atoms with Gasteiger partial charge in [-0.3, -0.25) is 4.79 Å². The van der Waals surface area contributed by atoms with Crippen molar-refractivity contribution < 1.29 is 9.53 Å². The van der Waals surface area contributed by atoms with Crippen LogP contribution in [0.15, 0.2) is 28.7 Å². The second-order valence-corrected chi connectivity index (χ2v) is 5.19. The van der Waals surface area contributed by atoms with Gasteiger partial charge in [-0.1, -0.05) is 15.9 Å². The summed E-state index contributed by atoms with van der Waals surface area (Å²) >= 11 is 3.34. The highest BCUT2D eigenvalue weighted by atomic mass is 79.9. The summed E-state index contributed by atoms with van der Waals surface area (Å²) < 4.78 is 6.50. The molecule has 0 bridgehead atoms. The van der Waals surface area contributed by atoms with Crippen molar-refractivity contribution in [3.8, 4) is 5.75 Å². The number of rotatable bonds is 6. The Morgan fingerprint density at radius 1 is 1.39 bits per heavy atom. The SMILES string of the molecule is CC(N)CCNC(=O)C(C)Oc1ccc(Br)cc1. The highest BCUT2D eigenvalue weighted by Crippen LogP contribution is 2.17. The summed E-state index contributed by atoms with van der Waals surface area (Å²) in [7, 11) is 0. The van der Waals surface area contributed by atoms with Crippen molar-refractivity contribution in [1.29, 1.82) is 0 Å². The number of carbonyl (C=O) groups excluding carboxylic acids is 1. The topological polar surface area (TPSA) is 64.3 Å². The molecule has 1 aromatic rings. The summed E-state index contributed by atoms with van der Waals surface area (Å²) in [6.07, 6.45) is 0.246. The predicted octanol–water partition coefficient (Wildman–Crippen LogP) is 2.07. The predicted molar refractivity (Wildman–Crippen MR) is 75.5 cm³/mol. The molecule has 0 heterocycles. The van der Waals surface area contributed by atoms with E-state index >= 15 is 0 Å². The van der Waals surface area contributed by atoms with Gasteiger partial charge in [0.1, 0.15) is 5.75 Å². The van der Waals surface area contributed by atoms with Crippen molar-refractivity contribution in [3.63, 3.8) is 0 Å². The molecule has 0 aromatic heterocycles. The van der Waals surface area contributed by atoms with Gasteiger partial charge in [0.15, 0.2) is 6.10 Å². The van der Waals surface area contributed by atoms with E-state index in [4.69, 9.17) is 10.5 Å². The monoisotopic (exact) mass is 314 g/mol. The smallest absolute Gasteiger partial charge is 0.260 e. The van der Waals surface area contributed by atoms with Gasteiger partial charge in [0.05, 0.1) is 0 Å². The van der Waals surface area contributed by atoms with E-state index in [1.54, 1.807) is 6.92 Å². The average molecular weight is 315 g/mol. The number of benzene rings is 1. The lowest BCUT2D eigenvalue weighted by atomic mass is 10.2. The first-order valence-corrected chi connectivity index (χ1v) is 6.74. The third-order valence-electron chi connectivity index (χ3n) is 2.39. The van der Waals surface area contributed by atoms with Gasteiger partial charge in [-0.15, -0.1) is 0 Å². The summed E-state index contributed by atoms with van der Waals surface area (Å²) in [5.74, 6) is 0.548. The zero-order valence-corrected chi connectivity index (χ0v) is 12.2. The molecule has 1 amide bonds. The Balaban J connectivity index is 2.37. The number of ether oxygens (including phenoxy) is 1. The van der Waals surface area contributed by atoms with Crippen LogP contribution in [0.25, 0.3) is 0 Å². The van der Waals surface area contributed by atoms with Crippen molar-refractivity contribution >= 4 is 21.8 Å². The molecule has 0 aliphatic rings. The molecule has 2 atom stereocenters. The van der Waals surface area contributed by atoms with E-state index in [-0.39, 0.29) is 11.9 Å². The summed E-state index contributed by atoms with van der Waals surface area (Å²) in [4.78, 5) is 11.7. The Kier molecular flexibility index (Phi) is 6.15. The summed E-state index contributed by atoms with van der Waals surface area (Å²) in [5.41, 5.74) is 5.61. The first-order valence-electron chi connectivity index (χ1n) is 5.94.